The van der Waals surface area contributed by atoms with E-state index in [1.54, 1.807) is 0 Å². The quantitative estimate of drug-likeness (QED) is 0.827. The minimum absolute atomic E-state index is 0.253. The topological polar surface area (TPSA) is 63.8 Å². The smallest absolute Gasteiger partial charge is 0.222 e. The van der Waals surface area contributed by atoms with Crippen molar-refractivity contribution < 1.29 is 0 Å². The molecule has 15 heavy (non-hydrogen) atoms. The van der Waals surface area contributed by atoms with Crippen LogP contribution in [0.4, 0.5) is 11.8 Å². The zero-order valence-corrected chi connectivity index (χ0v) is 9.51. The number of nitrogens with one attached hydrogen (secondary N) is 1. The average Bonchev–Trinajstić information content (AvgIpc) is 3.00. The number of aromatic nitrogens is 2. The molecule has 3 N–H and O–H groups in total. The molecule has 1 aliphatic carbocycles. The van der Waals surface area contributed by atoms with Gasteiger partial charge in [0.05, 0.1) is 6.20 Å². The third-order valence-electron chi connectivity index (χ3n) is 3.10. The number of hydrogen-bond donors (Lipinski definition) is 2. The molecule has 0 aromatic carbocycles. The van der Waals surface area contributed by atoms with Crippen LogP contribution in [0.25, 0.3) is 0 Å². The molecule has 1 fully saturated rings. The molecular weight excluding hydrogens is 212 g/mol. The predicted molar refractivity (Wildman–Crippen MR) is 61.9 cm³/mol. The van der Waals surface area contributed by atoms with Gasteiger partial charge >= 0.3 is 0 Å². The number of rotatable bonds is 4. The lowest BCUT2D eigenvalue weighted by molar-refractivity contribution is 0.521. The molecular formula is C10H15ClN4. The zero-order chi connectivity index (χ0) is 10.9. The van der Waals surface area contributed by atoms with E-state index in [1.807, 2.05) is 0 Å². The molecule has 2 rings (SSSR count). The summed E-state index contributed by atoms with van der Waals surface area (Å²) < 4.78 is 0. The van der Waals surface area contributed by atoms with Crippen LogP contribution in [-0.4, -0.2) is 16.5 Å². The van der Waals surface area contributed by atoms with Crippen molar-refractivity contribution in [3.63, 3.8) is 0 Å². The molecule has 0 radical (unpaired) electrons. The van der Waals surface area contributed by atoms with Crippen LogP contribution < -0.4 is 11.1 Å². The van der Waals surface area contributed by atoms with Crippen molar-refractivity contribution in [2.45, 2.75) is 26.2 Å². The van der Waals surface area contributed by atoms with Crippen molar-refractivity contribution in [1.82, 2.24) is 9.97 Å². The Morgan fingerprint density at radius 2 is 2.33 bits per heavy atom. The summed E-state index contributed by atoms with van der Waals surface area (Å²) in [6.45, 7) is 3.13. The Balaban J connectivity index is 2.01. The van der Waals surface area contributed by atoms with Gasteiger partial charge in [-0.3, -0.25) is 0 Å². The minimum Gasteiger partial charge on any atom is -0.368 e. The van der Waals surface area contributed by atoms with Crippen LogP contribution in [0.15, 0.2) is 6.20 Å². The fourth-order valence-electron chi connectivity index (χ4n) is 1.61. The van der Waals surface area contributed by atoms with Crippen LogP contribution >= 0.6 is 11.6 Å². The first-order chi connectivity index (χ1) is 7.15. The minimum atomic E-state index is 0.253. The lowest BCUT2D eigenvalue weighted by atomic mass is 10.0. The van der Waals surface area contributed by atoms with Crippen molar-refractivity contribution in [3.05, 3.63) is 11.2 Å². The van der Waals surface area contributed by atoms with Crippen LogP contribution in [0.3, 0.4) is 0 Å². The summed E-state index contributed by atoms with van der Waals surface area (Å²) in [5, 5.41) is 3.77. The molecule has 1 heterocycles. The number of nitrogens with zero attached hydrogens (tertiary/aromatic N) is 2. The summed E-state index contributed by atoms with van der Waals surface area (Å²) in [6, 6.07) is 0. The molecule has 5 heteroatoms. The number of nitrogen functional groups attached to an aromatic ring is 1. The number of nitrogens with two attached hydrogens (primary N) is 1. The van der Waals surface area contributed by atoms with Crippen molar-refractivity contribution in [1.29, 1.82) is 0 Å². The van der Waals surface area contributed by atoms with Crippen LogP contribution in [0.1, 0.15) is 26.2 Å². The van der Waals surface area contributed by atoms with Gasteiger partial charge in [-0.2, -0.15) is 4.98 Å². The maximum atomic E-state index is 5.95. The van der Waals surface area contributed by atoms with Crippen molar-refractivity contribution in [3.8, 4) is 0 Å². The first-order valence-corrected chi connectivity index (χ1v) is 5.55. The van der Waals surface area contributed by atoms with Gasteiger partial charge in [0, 0.05) is 6.54 Å². The fraction of sp³-hybridized carbons (Fsp3) is 0.600. The van der Waals surface area contributed by atoms with Crippen molar-refractivity contribution in [2.75, 3.05) is 17.6 Å². The van der Waals surface area contributed by atoms with Gasteiger partial charge < -0.3 is 11.1 Å². The van der Waals surface area contributed by atoms with Gasteiger partial charge in [0.1, 0.15) is 10.8 Å². The fourth-order valence-corrected chi connectivity index (χ4v) is 1.77. The third kappa shape index (κ3) is 2.31. The van der Waals surface area contributed by atoms with Gasteiger partial charge in [-0.15, -0.1) is 0 Å². The Hall–Kier alpha value is -1.03. The lowest BCUT2D eigenvalue weighted by Gasteiger charge is -2.14. The Kier molecular flexibility index (Phi) is 2.69. The van der Waals surface area contributed by atoms with Gasteiger partial charge in [-0.25, -0.2) is 4.98 Å². The van der Waals surface area contributed by atoms with E-state index in [2.05, 4.69) is 22.2 Å². The largest absolute Gasteiger partial charge is 0.368 e. The van der Waals surface area contributed by atoms with Gasteiger partial charge in [0.2, 0.25) is 5.95 Å². The highest BCUT2D eigenvalue weighted by Crippen LogP contribution is 2.48. The number of hydrogen-bond acceptors (Lipinski definition) is 4. The van der Waals surface area contributed by atoms with E-state index in [1.165, 1.54) is 25.5 Å². The van der Waals surface area contributed by atoms with E-state index in [-0.39, 0.29) is 5.95 Å². The van der Waals surface area contributed by atoms with E-state index in [0.29, 0.717) is 16.3 Å². The summed E-state index contributed by atoms with van der Waals surface area (Å²) in [7, 11) is 0. The molecule has 0 bridgehead atoms. The molecule has 0 spiro atoms. The molecule has 0 saturated heterocycles. The molecule has 0 aliphatic heterocycles. The number of halogens is 1. The summed E-state index contributed by atoms with van der Waals surface area (Å²) in [6.07, 6.45) is 5.29. The van der Waals surface area contributed by atoms with E-state index >= 15 is 0 Å². The second kappa shape index (κ2) is 3.85. The normalized spacial score (nSPS) is 17.5. The molecule has 0 unspecified atom stereocenters. The van der Waals surface area contributed by atoms with Gasteiger partial charge in [-0.05, 0) is 24.7 Å². The molecule has 0 amide bonds. The second-order valence-electron chi connectivity index (χ2n) is 4.13. The second-order valence-corrected chi connectivity index (χ2v) is 4.54. The highest BCUT2D eigenvalue weighted by atomic mass is 35.5. The van der Waals surface area contributed by atoms with E-state index in [4.69, 9.17) is 17.3 Å². The van der Waals surface area contributed by atoms with Crippen LogP contribution in [0.5, 0.6) is 0 Å². The van der Waals surface area contributed by atoms with Gasteiger partial charge in [0.25, 0.3) is 0 Å². The SMILES string of the molecule is CCC1(CNc2nc(N)ncc2Cl)CC1. The van der Waals surface area contributed by atoms with E-state index < -0.39 is 0 Å². The molecule has 1 aliphatic rings. The first-order valence-electron chi connectivity index (χ1n) is 5.17. The lowest BCUT2D eigenvalue weighted by Crippen LogP contribution is -2.16. The van der Waals surface area contributed by atoms with Crippen LogP contribution in [0.2, 0.25) is 5.02 Å². The number of anilines is 2. The average molecular weight is 227 g/mol. The molecule has 0 atom stereocenters. The monoisotopic (exact) mass is 226 g/mol. The summed E-state index contributed by atoms with van der Waals surface area (Å²) in [5.41, 5.74) is 5.96. The maximum Gasteiger partial charge on any atom is 0.222 e. The molecule has 82 valence electrons. The predicted octanol–water partition coefficient (Wildman–Crippen LogP) is 2.31. The van der Waals surface area contributed by atoms with Crippen LogP contribution in [-0.2, 0) is 0 Å². The van der Waals surface area contributed by atoms with Gasteiger partial charge in [0.15, 0.2) is 0 Å². The summed E-state index contributed by atoms with van der Waals surface area (Å²) in [4.78, 5) is 7.88. The Bertz CT molecular complexity index is 362. The molecule has 1 saturated carbocycles. The molecule has 1 aromatic heterocycles. The standard InChI is InChI=1S/C10H15ClN4/c1-2-10(3-4-10)6-14-8-7(11)5-13-9(12)15-8/h5H,2-4,6H2,1H3,(H3,12,13,14,15). The Morgan fingerprint density at radius 1 is 1.60 bits per heavy atom. The van der Waals surface area contributed by atoms with Crippen molar-refractivity contribution in [2.24, 2.45) is 5.41 Å². The highest BCUT2D eigenvalue weighted by molar-refractivity contribution is 6.32. The van der Waals surface area contributed by atoms with Crippen molar-refractivity contribution >= 4 is 23.4 Å². The maximum absolute atomic E-state index is 5.95. The Morgan fingerprint density at radius 3 is 2.93 bits per heavy atom. The molecule has 4 nitrogen and oxygen atoms in total. The zero-order valence-electron chi connectivity index (χ0n) is 8.76. The highest BCUT2D eigenvalue weighted by Gasteiger charge is 2.40. The van der Waals surface area contributed by atoms with Gasteiger partial charge in [-0.1, -0.05) is 18.5 Å². The molecule has 1 aromatic rings. The van der Waals surface area contributed by atoms with E-state index in [0.717, 1.165) is 6.54 Å². The third-order valence-corrected chi connectivity index (χ3v) is 3.38. The van der Waals surface area contributed by atoms with E-state index in [9.17, 15) is 0 Å². The Labute approximate surface area is 94.2 Å². The first kappa shape index (κ1) is 10.5. The summed E-state index contributed by atoms with van der Waals surface area (Å²) in [5.74, 6) is 0.895. The summed E-state index contributed by atoms with van der Waals surface area (Å²) >= 11 is 5.95. The van der Waals surface area contributed by atoms with Crippen LogP contribution in [0, 0.1) is 5.41 Å².